The molecule has 0 fully saturated rings. The Morgan fingerprint density at radius 1 is 1.24 bits per heavy atom. The molecule has 0 radical (unpaired) electrons. The number of carboxylic acids is 1. The molecule has 0 aliphatic rings. The molecule has 0 spiro atoms. The maximum absolute atomic E-state index is 11.0. The molecule has 1 aromatic carbocycles. The van der Waals surface area contributed by atoms with Crippen molar-refractivity contribution in [3.05, 3.63) is 29.8 Å². The standard InChI is InChI=1S/C13H19NO6Si/c1-9(17)14-12(13(18)19)6-10-2-4-11(5-3-10)20-21(7-15)8-16/h2-5,12,15-16,21H,6-8H2,1H3,(H,14,17)(H,18,19)/t12-/m0/s1. The van der Waals surface area contributed by atoms with Crippen molar-refractivity contribution in [3.8, 4) is 5.75 Å². The Hall–Kier alpha value is -1.90. The Morgan fingerprint density at radius 3 is 2.24 bits per heavy atom. The van der Waals surface area contributed by atoms with Crippen molar-refractivity contribution in [2.45, 2.75) is 19.4 Å². The van der Waals surface area contributed by atoms with E-state index in [1.54, 1.807) is 24.3 Å². The van der Waals surface area contributed by atoms with E-state index in [1.165, 1.54) is 6.92 Å². The van der Waals surface area contributed by atoms with Gasteiger partial charge in [0.1, 0.15) is 11.8 Å². The molecule has 21 heavy (non-hydrogen) atoms. The fourth-order valence-electron chi connectivity index (χ4n) is 1.71. The van der Waals surface area contributed by atoms with Gasteiger partial charge in [-0.2, -0.15) is 0 Å². The monoisotopic (exact) mass is 313 g/mol. The molecule has 0 unspecified atom stereocenters. The van der Waals surface area contributed by atoms with Crippen molar-refractivity contribution in [2.24, 2.45) is 0 Å². The van der Waals surface area contributed by atoms with Gasteiger partial charge in [-0.15, -0.1) is 0 Å². The lowest BCUT2D eigenvalue weighted by Gasteiger charge is -2.15. The fourth-order valence-corrected chi connectivity index (χ4v) is 2.52. The van der Waals surface area contributed by atoms with Gasteiger partial charge in [0.15, 0.2) is 0 Å². The average molecular weight is 313 g/mol. The van der Waals surface area contributed by atoms with E-state index in [1.807, 2.05) is 0 Å². The molecule has 0 aliphatic carbocycles. The van der Waals surface area contributed by atoms with Gasteiger partial charge in [-0.05, 0) is 17.7 Å². The van der Waals surface area contributed by atoms with Crippen molar-refractivity contribution >= 4 is 20.9 Å². The molecule has 1 amide bonds. The van der Waals surface area contributed by atoms with Crippen molar-refractivity contribution in [3.63, 3.8) is 0 Å². The summed E-state index contributed by atoms with van der Waals surface area (Å²) >= 11 is 0. The molecule has 0 saturated heterocycles. The van der Waals surface area contributed by atoms with Crippen LogP contribution in [-0.4, -0.2) is 54.7 Å². The van der Waals surface area contributed by atoms with Crippen molar-refractivity contribution in [1.29, 1.82) is 0 Å². The molecule has 0 aromatic heterocycles. The highest BCUT2D eigenvalue weighted by atomic mass is 28.3. The number of rotatable bonds is 8. The van der Waals surface area contributed by atoms with Crippen LogP contribution in [0, 0.1) is 0 Å². The number of hydrogen-bond acceptors (Lipinski definition) is 5. The minimum Gasteiger partial charge on any atom is -0.542 e. The van der Waals surface area contributed by atoms with Crippen LogP contribution in [-0.2, 0) is 16.0 Å². The largest absolute Gasteiger partial charge is 0.542 e. The molecule has 8 heteroatoms. The second-order valence-electron chi connectivity index (χ2n) is 4.54. The number of carboxylic acid groups (broad SMARTS) is 1. The number of aliphatic carboxylic acids is 1. The normalized spacial score (nSPS) is 12.0. The van der Waals surface area contributed by atoms with Crippen LogP contribution >= 0.6 is 0 Å². The first kappa shape index (κ1) is 17.1. The van der Waals surface area contributed by atoms with E-state index in [-0.39, 0.29) is 18.9 Å². The van der Waals surface area contributed by atoms with E-state index in [0.717, 1.165) is 5.56 Å². The molecule has 0 heterocycles. The summed E-state index contributed by atoms with van der Waals surface area (Å²) in [6.07, 6.45) is -0.167. The van der Waals surface area contributed by atoms with Crippen molar-refractivity contribution in [2.75, 3.05) is 12.5 Å². The maximum Gasteiger partial charge on any atom is 0.326 e. The highest BCUT2D eigenvalue weighted by molar-refractivity contribution is 6.52. The van der Waals surface area contributed by atoms with Crippen LogP contribution in [0.1, 0.15) is 12.5 Å². The molecule has 116 valence electrons. The van der Waals surface area contributed by atoms with Crippen molar-refractivity contribution < 1.29 is 29.3 Å². The van der Waals surface area contributed by atoms with Gasteiger partial charge in [-0.3, -0.25) is 4.79 Å². The zero-order valence-corrected chi connectivity index (χ0v) is 12.8. The SMILES string of the molecule is CC(=O)N[C@@H](Cc1ccc(O[SiH](CO)CO)cc1)C(=O)O. The number of carbonyl (C=O) groups is 2. The molecule has 4 N–H and O–H groups in total. The summed E-state index contributed by atoms with van der Waals surface area (Å²) in [4.78, 5) is 22.0. The number of aliphatic hydroxyl groups excluding tert-OH is 2. The van der Waals surface area contributed by atoms with E-state index in [4.69, 9.17) is 19.7 Å². The van der Waals surface area contributed by atoms with Gasteiger partial charge in [-0.1, -0.05) is 12.1 Å². The first-order valence-corrected chi connectivity index (χ1v) is 8.54. The Morgan fingerprint density at radius 2 is 1.81 bits per heavy atom. The first-order valence-electron chi connectivity index (χ1n) is 6.43. The summed E-state index contributed by atoms with van der Waals surface area (Å²) in [5.41, 5.74) is 0.731. The third-order valence-corrected chi connectivity index (χ3v) is 4.17. The number of nitrogens with one attached hydrogen (secondary N) is 1. The minimum absolute atomic E-state index is 0.163. The lowest BCUT2D eigenvalue weighted by Crippen LogP contribution is -2.41. The van der Waals surface area contributed by atoms with Gasteiger partial charge >= 0.3 is 5.97 Å². The Balaban J connectivity index is 2.68. The van der Waals surface area contributed by atoms with E-state index < -0.39 is 27.0 Å². The Bertz CT molecular complexity index is 474. The second-order valence-corrected chi connectivity index (χ2v) is 6.75. The lowest BCUT2D eigenvalue weighted by molar-refractivity contribution is -0.141. The number of aliphatic hydroxyl groups is 2. The molecule has 0 aliphatic heterocycles. The summed E-state index contributed by atoms with van der Waals surface area (Å²) in [6, 6.07) is 5.69. The van der Waals surface area contributed by atoms with Crippen molar-refractivity contribution in [1.82, 2.24) is 5.32 Å². The topological polar surface area (TPSA) is 116 Å². The molecule has 1 aromatic rings. The van der Waals surface area contributed by atoms with Gasteiger partial charge in [0, 0.05) is 13.3 Å². The quantitative estimate of drug-likeness (QED) is 0.457. The smallest absolute Gasteiger partial charge is 0.326 e. The molecule has 0 bridgehead atoms. The fraction of sp³-hybridized carbons (Fsp3) is 0.385. The van der Waals surface area contributed by atoms with Crippen LogP contribution in [0.5, 0.6) is 5.75 Å². The van der Waals surface area contributed by atoms with E-state index in [2.05, 4.69) is 5.32 Å². The highest BCUT2D eigenvalue weighted by Crippen LogP contribution is 2.14. The molecule has 7 nitrogen and oxygen atoms in total. The van der Waals surface area contributed by atoms with Crippen LogP contribution in [0.4, 0.5) is 0 Å². The summed E-state index contributed by atoms with van der Waals surface area (Å²) in [5.74, 6) is -0.981. The van der Waals surface area contributed by atoms with Crippen LogP contribution in [0.3, 0.4) is 0 Å². The Kier molecular flexibility index (Phi) is 6.86. The lowest BCUT2D eigenvalue weighted by atomic mass is 10.1. The van der Waals surface area contributed by atoms with Gasteiger partial charge in [0.2, 0.25) is 5.91 Å². The molecule has 1 atom stereocenters. The van der Waals surface area contributed by atoms with Gasteiger partial charge in [-0.25, -0.2) is 4.79 Å². The molecule has 0 saturated carbocycles. The predicted octanol–water partition coefficient (Wildman–Crippen LogP) is -1.02. The van der Waals surface area contributed by atoms with E-state index >= 15 is 0 Å². The molecular weight excluding hydrogens is 294 g/mol. The number of carbonyl (C=O) groups excluding carboxylic acids is 1. The van der Waals surface area contributed by atoms with Gasteiger partial charge < -0.3 is 25.1 Å². The summed E-state index contributed by atoms with van der Waals surface area (Å²) in [6.45, 7) is 1.27. The van der Waals surface area contributed by atoms with Crippen LogP contribution < -0.4 is 9.74 Å². The summed E-state index contributed by atoms with van der Waals surface area (Å²) in [7, 11) is -2.04. The number of amides is 1. The third kappa shape index (κ3) is 5.94. The van der Waals surface area contributed by atoms with Crippen LogP contribution in [0.2, 0.25) is 0 Å². The maximum atomic E-state index is 11.0. The zero-order valence-electron chi connectivity index (χ0n) is 11.7. The van der Waals surface area contributed by atoms with E-state index in [9.17, 15) is 9.59 Å². The van der Waals surface area contributed by atoms with E-state index in [0.29, 0.717) is 5.75 Å². The summed E-state index contributed by atoms with van der Waals surface area (Å²) in [5, 5.41) is 29.3. The van der Waals surface area contributed by atoms with Gasteiger partial charge in [0.25, 0.3) is 9.04 Å². The predicted molar refractivity (Wildman–Crippen MR) is 77.3 cm³/mol. The Labute approximate surface area is 123 Å². The average Bonchev–Trinajstić information content (AvgIpc) is 2.45. The van der Waals surface area contributed by atoms with Crippen LogP contribution in [0.25, 0.3) is 0 Å². The molecular formula is C13H19NO6Si. The summed E-state index contributed by atoms with van der Waals surface area (Å²) < 4.78 is 5.44. The van der Waals surface area contributed by atoms with Gasteiger partial charge in [0.05, 0.1) is 12.5 Å². The second kappa shape index (κ2) is 8.40. The molecule has 1 rings (SSSR count). The first-order chi connectivity index (χ1) is 9.96. The third-order valence-electron chi connectivity index (χ3n) is 2.75. The highest BCUT2D eigenvalue weighted by Gasteiger charge is 2.19. The zero-order chi connectivity index (χ0) is 15.8. The number of hydrogen-bond donors (Lipinski definition) is 4. The van der Waals surface area contributed by atoms with Crippen LogP contribution in [0.15, 0.2) is 24.3 Å². The minimum atomic E-state index is -2.04. The number of benzene rings is 1.